The van der Waals surface area contributed by atoms with Gasteiger partial charge in [-0.15, -0.1) is 5.10 Å². The van der Waals surface area contributed by atoms with Crippen LogP contribution in [0.1, 0.15) is 36.1 Å². The molecule has 0 aliphatic heterocycles. The lowest BCUT2D eigenvalue weighted by Gasteiger charge is -2.05. The monoisotopic (exact) mass is 486 g/mol. The standard InChI is InChI=1S/C10H10FN3.C8H5F2N3O2.C4H6N2/c1-6-2-3-7-5-12-9-4-8(11)13-14(9)10(6)7;9-8(10)15-7-5(2-11)1-6(3-12-7)13-4-14;1-6-4-2-3-5-6/h4-6H,2-3H2,1H3;1,3-4,8H,(H,13,14);2-4H,1H3. The van der Waals surface area contributed by atoms with E-state index in [-0.39, 0.29) is 11.3 Å². The summed E-state index contributed by atoms with van der Waals surface area (Å²) in [4.78, 5) is 17.7. The van der Waals surface area contributed by atoms with E-state index in [4.69, 9.17) is 5.26 Å². The highest BCUT2D eigenvalue weighted by Crippen LogP contribution is 2.32. The van der Waals surface area contributed by atoms with Crippen LogP contribution in [0.15, 0.2) is 43.0 Å². The fourth-order valence-corrected chi connectivity index (χ4v) is 3.39. The molecule has 0 bridgehead atoms. The van der Waals surface area contributed by atoms with Crippen molar-refractivity contribution < 1.29 is 22.7 Å². The molecule has 0 fully saturated rings. The number of carbonyl (C=O) groups is 1. The van der Waals surface area contributed by atoms with Crippen molar-refractivity contribution in [3.8, 4) is 11.9 Å². The molecule has 5 rings (SSSR count). The van der Waals surface area contributed by atoms with Crippen LogP contribution < -0.4 is 10.1 Å². The van der Waals surface area contributed by atoms with E-state index in [9.17, 15) is 18.0 Å². The van der Waals surface area contributed by atoms with Crippen LogP contribution in [-0.2, 0) is 18.3 Å². The maximum atomic E-state index is 12.9. The highest BCUT2D eigenvalue weighted by molar-refractivity contribution is 5.71. The molecule has 4 aromatic rings. The van der Waals surface area contributed by atoms with Crippen molar-refractivity contribution in [3.63, 3.8) is 0 Å². The smallest absolute Gasteiger partial charge is 0.388 e. The fraction of sp³-hybridized carbons (Fsp3) is 0.273. The molecule has 1 atom stereocenters. The zero-order valence-electron chi connectivity index (χ0n) is 18.8. The van der Waals surface area contributed by atoms with Gasteiger partial charge >= 0.3 is 6.61 Å². The topological polar surface area (TPSA) is 123 Å². The first-order valence-electron chi connectivity index (χ1n) is 10.3. The molecular formula is C22H21F3N8O2. The highest BCUT2D eigenvalue weighted by Gasteiger charge is 2.23. The van der Waals surface area contributed by atoms with Crippen molar-refractivity contribution in [2.24, 2.45) is 7.05 Å². The van der Waals surface area contributed by atoms with E-state index in [1.165, 1.54) is 17.7 Å². The highest BCUT2D eigenvalue weighted by atomic mass is 19.3. The summed E-state index contributed by atoms with van der Waals surface area (Å²) in [5, 5.41) is 18.5. The zero-order chi connectivity index (χ0) is 25.4. The number of nitrogens with one attached hydrogen (secondary N) is 1. The van der Waals surface area contributed by atoms with Gasteiger partial charge in [-0.25, -0.2) is 14.5 Å². The average Bonchev–Trinajstić information content (AvgIpc) is 3.55. The largest absolute Gasteiger partial charge is 0.415 e. The number of amides is 1. The first-order valence-corrected chi connectivity index (χ1v) is 10.3. The Hall–Kier alpha value is -4.47. The molecule has 1 amide bonds. The quantitative estimate of drug-likeness (QED) is 0.438. The van der Waals surface area contributed by atoms with Crippen LogP contribution >= 0.6 is 0 Å². The van der Waals surface area contributed by atoms with Crippen LogP contribution in [0.25, 0.3) is 5.65 Å². The molecule has 0 saturated heterocycles. The molecule has 0 spiro atoms. The maximum absolute atomic E-state index is 12.9. The lowest BCUT2D eigenvalue weighted by molar-refractivity contribution is -0.105. The Morgan fingerprint density at radius 2 is 2.11 bits per heavy atom. The number of fused-ring (bicyclic) bond motifs is 3. The van der Waals surface area contributed by atoms with Crippen molar-refractivity contribution in [2.45, 2.75) is 32.3 Å². The van der Waals surface area contributed by atoms with E-state index >= 15 is 0 Å². The van der Waals surface area contributed by atoms with Crippen LogP contribution in [0.5, 0.6) is 5.88 Å². The van der Waals surface area contributed by atoms with E-state index in [2.05, 4.69) is 37.1 Å². The first-order chi connectivity index (χ1) is 16.8. The summed E-state index contributed by atoms with van der Waals surface area (Å²) in [5.41, 5.74) is 2.98. The normalized spacial score (nSPS) is 13.7. The zero-order valence-corrected chi connectivity index (χ0v) is 18.8. The van der Waals surface area contributed by atoms with Crippen molar-refractivity contribution in [1.82, 2.24) is 29.4 Å². The Morgan fingerprint density at radius 3 is 2.71 bits per heavy atom. The minimum Gasteiger partial charge on any atom is -0.415 e. The van der Waals surface area contributed by atoms with E-state index in [0.29, 0.717) is 18.0 Å². The molecule has 4 aromatic heterocycles. The van der Waals surface area contributed by atoms with Crippen LogP contribution in [0, 0.1) is 17.3 Å². The average molecular weight is 486 g/mol. The molecule has 1 N–H and O–H groups in total. The van der Waals surface area contributed by atoms with Crippen LogP contribution in [0.3, 0.4) is 0 Å². The third-order valence-electron chi connectivity index (χ3n) is 4.92. The predicted octanol–water partition coefficient (Wildman–Crippen LogP) is 3.46. The number of aryl methyl sites for hydroxylation is 2. The van der Waals surface area contributed by atoms with Crippen LogP contribution in [0.2, 0.25) is 0 Å². The number of hydrogen-bond donors (Lipinski definition) is 1. The number of halogens is 3. The van der Waals surface area contributed by atoms with Gasteiger partial charge in [-0.1, -0.05) is 6.92 Å². The Kier molecular flexibility index (Phi) is 8.33. The second-order valence-electron chi connectivity index (χ2n) is 7.35. The third kappa shape index (κ3) is 6.53. The summed E-state index contributed by atoms with van der Waals surface area (Å²) >= 11 is 0. The molecule has 0 saturated carbocycles. The van der Waals surface area contributed by atoms with Gasteiger partial charge in [0.2, 0.25) is 18.2 Å². The van der Waals surface area contributed by atoms with Crippen molar-refractivity contribution >= 4 is 17.7 Å². The van der Waals surface area contributed by atoms with E-state index in [1.54, 1.807) is 21.5 Å². The van der Waals surface area contributed by atoms with Gasteiger partial charge in [-0.2, -0.15) is 23.5 Å². The fourth-order valence-electron chi connectivity index (χ4n) is 3.39. The summed E-state index contributed by atoms with van der Waals surface area (Å²) in [6, 6.07) is 6.06. The SMILES string of the molecule is CC1CCc2cnc3cc(F)nn3c21.Cn1cccn1.N#Cc1cc(NC=O)cnc1OC(F)F. The third-order valence-corrected chi connectivity index (χ3v) is 4.92. The van der Waals surface area contributed by atoms with E-state index in [0.717, 1.165) is 24.7 Å². The number of rotatable bonds is 4. The van der Waals surface area contributed by atoms with Crippen molar-refractivity contribution in [1.29, 1.82) is 5.26 Å². The lowest BCUT2D eigenvalue weighted by atomic mass is 10.1. The number of pyridine rings is 1. The van der Waals surface area contributed by atoms with Gasteiger partial charge in [-0.05, 0) is 36.5 Å². The molecule has 4 heterocycles. The number of hydrogen-bond acceptors (Lipinski definition) is 7. The minimum atomic E-state index is -3.05. The molecular weight excluding hydrogens is 465 g/mol. The first kappa shape index (κ1) is 25.2. The number of nitrogens with zero attached hydrogens (tertiary/aromatic N) is 7. The van der Waals surface area contributed by atoms with Gasteiger partial charge in [0.25, 0.3) is 0 Å². The number of nitriles is 1. The summed E-state index contributed by atoms with van der Waals surface area (Å²) in [6.45, 7) is -0.903. The number of alkyl halides is 2. The Bertz CT molecular complexity index is 1320. The van der Waals surface area contributed by atoms with Gasteiger partial charge in [-0.3, -0.25) is 9.48 Å². The molecule has 35 heavy (non-hydrogen) atoms. The molecule has 0 aromatic carbocycles. The van der Waals surface area contributed by atoms with Crippen LogP contribution in [0.4, 0.5) is 18.9 Å². The van der Waals surface area contributed by atoms with E-state index < -0.39 is 18.4 Å². The summed E-state index contributed by atoms with van der Waals surface area (Å²) in [6.07, 6.45) is 9.10. The predicted molar refractivity (Wildman–Crippen MR) is 118 cm³/mol. The van der Waals surface area contributed by atoms with Gasteiger partial charge < -0.3 is 10.1 Å². The van der Waals surface area contributed by atoms with Crippen molar-refractivity contribution in [2.75, 3.05) is 5.32 Å². The lowest BCUT2D eigenvalue weighted by Crippen LogP contribution is -2.06. The summed E-state index contributed by atoms with van der Waals surface area (Å²) in [7, 11) is 1.89. The van der Waals surface area contributed by atoms with Crippen LogP contribution in [-0.4, -0.2) is 42.4 Å². The minimum absolute atomic E-state index is 0.179. The Balaban J connectivity index is 0.000000159. The molecule has 10 nitrogen and oxygen atoms in total. The van der Waals surface area contributed by atoms with Gasteiger partial charge in [0.05, 0.1) is 17.6 Å². The van der Waals surface area contributed by atoms with Gasteiger partial charge in [0, 0.05) is 31.7 Å². The number of carbonyl (C=O) groups excluding carboxylic acids is 1. The molecule has 13 heteroatoms. The molecule has 1 aliphatic rings. The molecule has 1 aliphatic carbocycles. The Morgan fingerprint density at radius 1 is 1.31 bits per heavy atom. The van der Waals surface area contributed by atoms with E-state index in [1.807, 2.05) is 25.5 Å². The number of anilines is 1. The molecule has 1 unspecified atom stereocenters. The number of aromatic nitrogens is 6. The summed E-state index contributed by atoms with van der Waals surface area (Å²) in [5.74, 6) is -0.469. The summed E-state index contributed by atoms with van der Waals surface area (Å²) < 4.78 is 44.0. The second-order valence-corrected chi connectivity index (χ2v) is 7.35. The molecule has 182 valence electrons. The second kappa shape index (κ2) is 11.6. The molecule has 0 radical (unpaired) electrons. The van der Waals surface area contributed by atoms with Gasteiger partial charge in [0.1, 0.15) is 11.6 Å². The number of ether oxygens (including phenoxy) is 1. The van der Waals surface area contributed by atoms with Gasteiger partial charge in [0.15, 0.2) is 5.65 Å². The Labute approximate surface area is 198 Å². The van der Waals surface area contributed by atoms with Crippen molar-refractivity contribution in [3.05, 3.63) is 65.8 Å². The maximum Gasteiger partial charge on any atom is 0.388 e.